The van der Waals surface area contributed by atoms with Crippen molar-refractivity contribution in [1.82, 2.24) is 15.0 Å². The zero-order valence-corrected chi connectivity index (χ0v) is 27.0. The zero-order chi connectivity index (χ0) is 33.9. The van der Waals surface area contributed by atoms with Gasteiger partial charge in [-0.1, -0.05) is 35.6 Å². The van der Waals surface area contributed by atoms with Gasteiger partial charge in [-0.15, -0.1) is 5.10 Å². The minimum absolute atomic E-state index is 0.179. The predicted octanol–water partition coefficient (Wildman–Crippen LogP) is 5.76. The first-order chi connectivity index (χ1) is 23.4. The fourth-order valence-electron chi connectivity index (χ4n) is 4.79. The van der Waals surface area contributed by atoms with Crippen LogP contribution in [-0.4, -0.2) is 55.8 Å². The molecule has 248 valence electrons. The molecule has 3 aromatic carbocycles. The Morgan fingerprint density at radius 2 is 1.50 bits per heavy atom. The SMILES string of the molecule is COc1cc(/C=C/C(=O)/C=C/c2cc(OC)c(OC)c(OC)c2)ccc1OCc1cn(CCCOc2cc(=O)oc3ccccc23)nn1. The van der Waals surface area contributed by atoms with Gasteiger partial charge in [-0.25, -0.2) is 4.79 Å². The van der Waals surface area contributed by atoms with Gasteiger partial charge in [-0.2, -0.15) is 0 Å². The average molecular weight is 654 g/mol. The number of hydrogen-bond donors (Lipinski definition) is 0. The van der Waals surface area contributed by atoms with Gasteiger partial charge >= 0.3 is 5.63 Å². The number of allylic oxidation sites excluding steroid dienone is 2. The van der Waals surface area contributed by atoms with Crippen molar-refractivity contribution in [1.29, 1.82) is 0 Å². The molecule has 0 amide bonds. The number of carbonyl (C=O) groups is 1. The molecule has 2 heterocycles. The van der Waals surface area contributed by atoms with E-state index in [1.807, 2.05) is 18.2 Å². The molecule has 2 aromatic heterocycles. The number of benzene rings is 3. The highest BCUT2D eigenvalue weighted by Crippen LogP contribution is 2.38. The maximum absolute atomic E-state index is 12.6. The smallest absolute Gasteiger partial charge is 0.339 e. The van der Waals surface area contributed by atoms with Gasteiger partial charge in [0, 0.05) is 13.0 Å². The van der Waals surface area contributed by atoms with E-state index in [9.17, 15) is 9.59 Å². The number of para-hydroxylation sites is 1. The molecule has 0 aliphatic carbocycles. The number of ketones is 1. The lowest BCUT2D eigenvalue weighted by molar-refractivity contribution is -0.110. The van der Waals surface area contributed by atoms with Crippen LogP contribution in [0.25, 0.3) is 23.1 Å². The second-order valence-electron chi connectivity index (χ2n) is 10.3. The quantitative estimate of drug-likeness (QED) is 0.0731. The number of carbonyl (C=O) groups excluding carboxylic acids is 1. The third-order valence-electron chi connectivity index (χ3n) is 7.12. The minimum Gasteiger partial charge on any atom is -0.493 e. The van der Waals surface area contributed by atoms with Crippen molar-refractivity contribution < 1.29 is 37.6 Å². The Morgan fingerprint density at radius 1 is 0.792 bits per heavy atom. The van der Waals surface area contributed by atoms with Gasteiger partial charge in [-0.3, -0.25) is 9.48 Å². The molecule has 0 N–H and O–H groups in total. The van der Waals surface area contributed by atoms with Crippen LogP contribution in [0.1, 0.15) is 23.2 Å². The Bertz CT molecular complexity index is 1970. The number of rotatable bonds is 16. The number of aromatic nitrogens is 3. The Hall–Kier alpha value is -6.04. The highest BCUT2D eigenvalue weighted by molar-refractivity contribution is 6.04. The van der Waals surface area contributed by atoms with Crippen LogP contribution in [0, 0.1) is 0 Å². The molecule has 0 fully saturated rings. The van der Waals surface area contributed by atoms with Crippen molar-refractivity contribution in [3.05, 3.63) is 106 Å². The lowest BCUT2D eigenvalue weighted by atomic mass is 10.1. The van der Waals surface area contributed by atoms with E-state index < -0.39 is 5.63 Å². The molecule has 0 saturated heterocycles. The summed E-state index contributed by atoms with van der Waals surface area (Å²) in [6, 6.07) is 17.5. The van der Waals surface area contributed by atoms with Gasteiger partial charge in [0.05, 0.1) is 52.7 Å². The number of methoxy groups -OCH3 is 4. The van der Waals surface area contributed by atoms with E-state index in [4.69, 9.17) is 32.8 Å². The standard InChI is InChI=1S/C36H35N3O9/c1-42-32-18-24(10-13-27(40)14-11-25-19-33(43-2)36(45-4)34(20-25)44-3)12-15-30(32)47-23-26-22-39(38-37-26)16-7-17-46-31-21-35(41)48-29-9-6-5-8-28(29)31/h5-6,8-15,18-22H,7,16-17,23H2,1-4H3/b13-10+,14-11+. The van der Waals surface area contributed by atoms with E-state index in [0.29, 0.717) is 65.3 Å². The number of hydrogen-bond acceptors (Lipinski definition) is 11. The topological polar surface area (TPSA) is 133 Å². The van der Waals surface area contributed by atoms with Crippen molar-refractivity contribution in [2.75, 3.05) is 35.0 Å². The van der Waals surface area contributed by atoms with Gasteiger partial charge in [0.25, 0.3) is 0 Å². The molecule has 0 aliphatic heterocycles. The van der Waals surface area contributed by atoms with E-state index in [1.54, 1.807) is 66.5 Å². The first-order valence-electron chi connectivity index (χ1n) is 15.0. The van der Waals surface area contributed by atoms with Crippen LogP contribution in [0.2, 0.25) is 0 Å². The zero-order valence-electron chi connectivity index (χ0n) is 27.0. The summed E-state index contributed by atoms with van der Waals surface area (Å²) in [4.78, 5) is 24.4. The summed E-state index contributed by atoms with van der Waals surface area (Å²) in [6.07, 6.45) is 8.73. The van der Waals surface area contributed by atoms with Gasteiger partial charge in [-0.05, 0) is 59.7 Å². The maximum atomic E-state index is 12.6. The highest BCUT2D eigenvalue weighted by Gasteiger charge is 2.13. The lowest BCUT2D eigenvalue weighted by Gasteiger charge is -2.12. The number of aryl methyl sites for hydroxylation is 1. The second kappa shape index (κ2) is 16.0. The first-order valence-corrected chi connectivity index (χ1v) is 15.0. The number of fused-ring (bicyclic) bond motifs is 1. The molecule has 0 unspecified atom stereocenters. The number of nitrogens with zero attached hydrogens (tertiary/aromatic N) is 3. The van der Waals surface area contributed by atoms with Crippen molar-refractivity contribution in [2.24, 2.45) is 0 Å². The fraction of sp³-hybridized carbons (Fsp3) is 0.222. The third kappa shape index (κ3) is 8.40. The largest absolute Gasteiger partial charge is 0.493 e. The van der Waals surface area contributed by atoms with E-state index in [-0.39, 0.29) is 12.4 Å². The monoisotopic (exact) mass is 653 g/mol. The van der Waals surface area contributed by atoms with Crippen LogP contribution < -0.4 is 34.0 Å². The molecular weight excluding hydrogens is 618 g/mol. The summed E-state index contributed by atoms with van der Waals surface area (Å²) in [5, 5.41) is 9.09. The predicted molar refractivity (Wildman–Crippen MR) is 179 cm³/mol. The summed E-state index contributed by atoms with van der Waals surface area (Å²) >= 11 is 0. The Labute approximate surface area is 276 Å². The molecule has 0 atom stereocenters. The summed E-state index contributed by atoms with van der Waals surface area (Å²) in [7, 11) is 6.15. The van der Waals surface area contributed by atoms with E-state index in [0.717, 1.165) is 16.5 Å². The summed E-state index contributed by atoms with van der Waals surface area (Å²) in [5.74, 6) is 2.77. The van der Waals surface area contributed by atoms with Crippen LogP contribution in [-0.2, 0) is 17.9 Å². The summed E-state index contributed by atoms with van der Waals surface area (Å²) < 4.78 is 40.3. The molecule has 0 spiro atoms. The third-order valence-corrected chi connectivity index (χ3v) is 7.12. The molecule has 0 radical (unpaired) electrons. The van der Waals surface area contributed by atoms with Gasteiger partial charge in [0.1, 0.15) is 23.6 Å². The molecule has 5 aromatic rings. The molecule has 0 bridgehead atoms. The highest BCUT2D eigenvalue weighted by atomic mass is 16.5. The Morgan fingerprint density at radius 3 is 2.23 bits per heavy atom. The molecule has 0 aliphatic rings. The maximum Gasteiger partial charge on any atom is 0.339 e. The van der Waals surface area contributed by atoms with E-state index >= 15 is 0 Å². The summed E-state index contributed by atoms with van der Waals surface area (Å²) in [6.45, 7) is 1.12. The van der Waals surface area contributed by atoms with Crippen LogP contribution in [0.4, 0.5) is 0 Å². The van der Waals surface area contributed by atoms with Crippen LogP contribution in [0.3, 0.4) is 0 Å². The van der Waals surface area contributed by atoms with Crippen molar-refractivity contribution in [2.45, 2.75) is 19.6 Å². The molecular formula is C36H35N3O9. The van der Waals surface area contributed by atoms with Crippen molar-refractivity contribution in [3.63, 3.8) is 0 Å². The normalized spacial score (nSPS) is 11.2. The van der Waals surface area contributed by atoms with Gasteiger partial charge in [0.15, 0.2) is 28.8 Å². The average Bonchev–Trinajstić information content (AvgIpc) is 3.57. The lowest BCUT2D eigenvalue weighted by Crippen LogP contribution is -2.07. The van der Waals surface area contributed by atoms with E-state index in [2.05, 4.69) is 10.3 Å². The van der Waals surface area contributed by atoms with Crippen molar-refractivity contribution in [3.8, 4) is 34.5 Å². The minimum atomic E-state index is -0.458. The molecule has 48 heavy (non-hydrogen) atoms. The summed E-state index contributed by atoms with van der Waals surface area (Å²) in [5.41, 5.74) is 2.14. The first kappa shape index (κ1) is 33.3. The number of ether oxygens (including phenoxy) is 6. The molecule has 12 nitrogen and oxygen atoms in total. The van der Waals surface area contributed by atoms with Crippen LogP contribution >= 0.6 is 0 Å². The van der Waals surface area contributed by atoms with Crippen LogP contribution in [0.15, 0.2) is 88.2 Å². The van der Waals surface area contributed by atoms with Gasteiger partial charge in [0.2, 0.25) is 5.75 Å². The molecule has 5 rings (SSSR count). The Balaban J connectivity index is 1.12. The van der Waals surface area contributed by atoms with Crippen molar-refractivity contribution >= 4 is 28.9 Å². The van der Waals surface area contributed by atoms with E-state index in [1.165, 1.54) is 39.5 Å². The fourth-order valence-corrected chi connectivity index (χ4v) is 4.79. The van der Waals surface area contributed by atoms with Gasteiger partial charge < -0.3 is 32.8 Å². The molecule has 12 heteroatoms. The second-order valence-corrected chi connectivity index (χ2v) is 10.3. The van der Waals surface area contributed by atoms with Crippen LogP contribution in [0.5, 0.6) is 34.5 Å². The molecule has 0 saturated carbocycles. The Kier molecular flexibility index (Phi) is 11.1.